The van der Waals surface area contributed by atoms with E-state index in [0.29, 0.717) is 0 Å². The van der Waals surface area contributed by atoms with Crippen LogP contribution in [0.3, 0.4) is 0 Å². The third kappa shape index (κ3) is 6.50. The highest BCUT2D eigenvalue weighted by atomic mass is 14.7. The number of aryl methyl sites for hydroxylation is 1. The predicted molar refractivity (Wildman–Crippen MR) is 375 cm³/mol. The molecule has 1 atom stereocenters. The van der Waals surface area contributed by atoms with E-state index < -0.39 is 0 Å². The normalized spacial score (nSPS) is 23.4. The third-order valence-electron chi connectivity index (χ3n) is 21.0. The van der Waals surface area contributed by atoms with Crippen LogP contribution >= 0.6 is 0 Å². The average molecular weight is 805 g/mol. The number of hydrogen-bond acceptors (Lipinski definition) is 0. The molecule has 0 N–H and O–H groups in total. The van der Waals surface area contributed by atoms with Gasteiger partial charge in [-0.25, -0.2) is 0 Å². The first kappa shape index (κ1) is 54.5. The second-order valence-corrected chi connectivity index (χ2v) is 31.2. The zero-order chi connectivity index (χ0) is 50.1. The summed E-state index contributed by atoms with van der Waals surface area (Å²) in [5.41, 5.74) is 12.3. The van der Waals surface area contributed by atoms with Gasteiger partial charge >= 0.3 is 0 Å². The van der Waals surface area contributed by atoms with E-state index in [-0.39, 0.29) is 78.2 Å². The summed E-state index contributed by atoms with van der Waals surface area (Å²) in [4.78, 5) is 0. The maximum Gasteiger partial charge on any atom is 0.112 e. The number of hydrogen-bond donors (Lipinski definition) is 0. The number of benzene rings is 3. The van der Waals surface area contributed by atoms with Crippen molar-refractivity contribution in [1.82, 2.24) is 0 Å². The molecule has 0 spiro atoms. The average Bonchev–Trinajstić information content (AvgIpc) is 3.03. The van der Waals surface area contributed by atoms with Crippen LogP contribution in [0.15, 0.2) is 54.6 Å². The van der Waals surface area contributed by atoms with Crippen LogP contribution in [-0.2, 0) is 21.6 Å². The minimum atomic E-state index is -0.170. The summed E-state index contributed by atoms with van der Waals surface area (Å²) in [6.45, 7) is 2.31. The van der Waals surface area contributed by atoms with Crippen molar-refractivity contribution in [2.24, 2.45) is 0 Å². The molecule has 0 saturated carbocycles. The van der Waals surface area contributed by atoms with Gasteiger partial charge in [-0.2, -0.15) is 0 Å². The van der Waals surface area contributed by atoms with Crippen molar-refractivity contribution in [1.29, 1.82) is 0 Å². The number of fused-ring (bicyclic) bond motifs is 2. The molecule has 0 aromatic heterocycles. The summed E-state index contributed by atoms with van der Waals surface area (Å²) in [5, 5.41) is -0.469. The first-order chi connectivity index (χ1) is 28.0. The van der Waals surface area contributed by atoms with Gasteiger partial charge in [-0.3, -0.25) is 0 Å². The highest BCUT2D eigenvalue weighted by molar-refractivity contribution is 6.74. The van der Waals surface area contributed by atoms with E-state index in [0.717, 1.165) is 0 Å². The summed E-state index contributed by atoms with van der Waals surface area (Å²) in [6.07, 6.45) is 0. The Bertz CT molecular complexity index is 2300. The molecule has 1 unspecified atom stereocenters. The minimum Gasteiger partial charge on any atom is -0.110 e. The Hall–Kier alpha value is -0.392. The van der Waals surface area contributed by atoms with Gasteiger partial charge < -0.3 is 0 Å². The molecule has 298 valence electrons. The van der Waals surface area contributed by atoms with E-state index in [9.17, 15) is 0 Å². The van der Waals surface area contributed by atoms with Crippen molar-refractivity contribution in [3.8, 4) is 22.3 Å². The van der Waals surface area contributed by atoms with Gasteiger partial charge in [0.1, 0.15) is 7.85 Å². The molecule has 30 heteroatoms. The van der Waals surface area contributed by atoms with E-state index in [2.05, 4.69) is 297 Å². The highest BCUT2D eigenvalue weighted by Gasteiger charge is 2.74. The molecule has 0 saturated heterocycles. The SMILES string of the molecule is BC(B)(B)C1(B)c2ccc(-c3cc(C)cc(-c4ccc5c(c4)C(C(B)(B)B)(C(B)(B)B)C(B)(B)C(B)(B)C5(C(B)(B)B)C(B)(B)B)c3)cc2C(C(B)(B)B)(C(B)(B)B)C(B)(B)C1(B)B. The molecule has 64 heavy (non-hydrogen) atoms. The smallest absolute Gasteiger partial charge is 0.110 e. The molecular formula is C34H72B30. The van der Waals surface area contributed by atoms with Gasteiger partial charge in [0.05, 0.1) is 228 Å². The van der Waals surface area contributed by atoms with Crippen molar-refractivity contribution in [3.63, 3.8) is 0 Å². The van der Waals surface area contributed by atoms with E-state index in [1.165, 1.54) is 33.4 Å². The van der Waals surface area contributed by atoms with Gasteiger partial charge in [-0.1, -0.05) is 74.7 Å². The molecule has 0 radical (unpaired) electrons. The molecule has 2 aliphatic rings. The van der Waals surface area contributed by atoms with Crippen LogP contribution < -0.4 is 0 Å². The fourth-order valence-electron chi connectivity index (χ4n) is 20.1. The molecule has 0 heterocycles. The highest BCUT2D eigenvalue weighted by Crippen LogP contribution is 2.83. The van der Waals surface area contributed by atoms with E-state index in [1.807, 2.05) is 0 Å². The lowest BCUT2D eigenvalue weighted by atomic mass is 8.99. The van der Waals surface area contributed by atoms with Crippen molar-refractivity contribution < 1.29 is 0 Å². The zero-order valence-corrected chi connectivity index (χ0v) is 48.2. The fourth-order valence-corrected chi connectivity index (χ4v) is 20.1. The second-order valence-electron chi connectivity index (χ2n) is 31.2. The Morgan fingerprint density at radius 2 is 0.547 bits per heavy atom. The second kappa shape index (κ2) is 15.1. The van der Waals surface area contributed by atoms with Crippen LogP contribution in [0.2, 0.25) is 56.6 Å². The van der Waals surface area contributed by atoms with E-state index >= 15 is 0 Å². The molecule has 0 nitrogen and oxygen atoms in total. The zero-order valence-electron chi connectivity index (χ0n) is 48.2. The lowest BCUT2D eigenvalue weighted by Gasteiger charge is -2.81. The first-order valence-electron chi connectivity index (χ1n) is 25.5. The Morgan fingerprint density at radius 1 is 0.281 bits per heavy atom. The Labute approximate surface area is 422 Å². The lowest BCUT2D eigenvalue weighted by Crippen LogP contribution is -2.74. The van der Waals surface area contributed by atoms with Gasteiger partial charge in [0.15, 0.2) is 0 Å². The Balaban J connectivity index is 1.97. The number of rotatable bonds is 9. The Morgan fingerprint density at radius 3 is 0.844 bits per heavy atom. The largest absolute Gasteiger partial charge is 0.112 e. The molecule has 0 aliphatic heterocycles. The van der Waals surface area contributed by atoms with Crippen molar-refractivity contribution in [2.45, 2.75) is 85.1 Å². The van der Waals surface area contributed by atoms with E-state index in [1.54, 1.807) is 16.7 Å². The molecular weight excluding hydrogens is 733 g/mol. The Kier molecular flexibility index (Phi) is 12.8. The van der Waals surface area contributed by atoms with Gasteiger partial charge in [0, 0.05) is 0 Å². The summed E-state index contributed by atoms with van der Waals surface area (Å²) >= 11 is 0. The summed E-state index contributed by atoms with van der Waals surface area (Å²) in [5.74, 6) is 0. The molecule has 0 bridgehead atoms. The van der Waals surface area contributed by atoms with Gasteiger partial charge in [-0.15, -0.1) is 35.8 Å². The third-order valence-corrected chi connectivity index (χ3v) is 21.0. The van der Waals surface area contributed by atoms with Crippen molar-refractivity contribution >= 4 is 235 Å². The van der Waals surface area contributed by atoms with Crippen LogP contribution in [0.1, 0.15) is 27.8 Å². The van der Waals surface area contributed by atoms with Crippen LogP contribution in [-0.4, -0.2) is 235 Å². The van der Waals surface area contributed by atoms with Gasteiger partial charge in [0.25, 0.3) is 0 Å². The molecule has 5 rings (SSSR count). The summed E-state index contributed by atoms with van der Waals surface area (Å²) in [6, 6.07) is 23.0. The van der Waals surface area contributed by atoms with Crippen LogP contribution in [0.4, 0.5) is 0 Å². The summed E-state index contributed by atoms with van der Waals surface area (Å²) < 4.78 is 0. The predicted octanol–water partition coefficient (Wildman–Crippen LogP) is -20.8. The van der Waals surface area contributed by atoms with Crippen molar-refractivity contribution in [3.05, 3.63) is 82.4 Å². The first-order valence-corrected chi connectivity index (χ1v) is 25.5. The molecule has 0 fully saturated rings. The maximum absolute atomic E-state index is 2.70. The molecule has 0 amide bonds. The molecule has 3 aromatic rings. The van der Waals surface area contributed by atoms with Gasteiger partial charge in [-0.05, 0) is 79.3 Å². The minimum absolute atomic E-state index is 0.0185. The maximum atomic E-state index is 2.70. The molecule has 3 aromatic carbocycles. The van der Waals surface area contributed by atoms with Crippen LogP contribution in [0, 0.1) is 6.92 Å². The summed E-state index contributed by atoms with van der Waals surface area (Å²) in [7, 11) is 76.6. The monoisotopic (exact) mass is 811 g/mol. The van der Waals surface area contributed by atoms with Crippen LogP contribution in [0.5, 0.6) is 0 Å². The lowest BCUT2D eigenvalue weighted by molar-refractivity contribution is 0.212. The molecule has 2 aliphatic carbocycles. The standard InChI is InChI=1S/C34H72B30/c1-11-6-14(12-2-4-16-18(9-12)21(30(50,51)52,31(53,54)55)25(38,39)24(36,37)20(16,28(44,45)46)29(47,48)49)8-15(7-11)13-3-5-17-19(10-13)22(32(56,57)58,33(59,60)61)26(40,41)27(42,43)23(17,35)34(62,63)64/h2-10H,35-64H2,1H3. The topological polar surface area (TPSA) is 0 Å². The van der Waals surface area contributed by atoms with E-state index in [4.69, 9.17) is 0 Å². The fraction of sp³-hybridized carbons (Fsp3) is 0.471. The quantitative estimate of drug-likeness (QED) is 0.189. The van der Waals surface area contributed by atoms with Crippen LogP contribution in [0.25, 0.3) is 22.3 Å². The van der Waals surface area contributed by atoms with Gasteiger partial charge in [0.2, 0.25) is 0 Å². The van der Waals surface area contributed by atoms with Crippen molar-refractivity contribution in [2.75, 3.05) is 0 Å².